The first-order chi connectivity index (χ1) is 8.36. The summed E-state index contributed by atoms with van der Waals surface area (Å²) in [6.45, 7) is 3.75. The molecule has 96 valence electrons. The fraction of sp³-hybridized carbons (Fsp3) is 0.571. The summed E-state index contributed by atoms with van der Waals surface area (Å²) in [7, 11) is 0. The molecule has 0 aromatic heterocycles. The molecule has 3 N–H and O–H groups in total. The molecule has 0 spiro atoms. The number of aryl methyl sites for hydroxylation is 1. The molecule has 0 aliphatic rings. The van der Waals surface area contributed by atoms with Gasteiger partial charge in [0.25, 0.3) is 0 Å². The molecule has 1 rings (SSSR count). The van der Waals surface area contributed by atoms with E-state index in [1.54, 1.807) is 0 Å². The van der Waals surface area contributed by atoms with Gasteiger partial charge < -0.3 is 4.74 Å². The first-order valence-corrected chi connectivity index (χ1v) is 6.44. The predicted molar refractivity (Wildman–Crippen MR) is 71.6 cm³/mol. The lowest BCUT2D eigenvalue weighted by Crippen LogP contribution is -2.36. The maximum Gasteiger partial charge on any atom is 0.0481 e. The van der Waals surface area contributed by atoms with Crippen molar-refractivity contribution in [1.82, 2.24) is 5.43 Å². The number of rotatable bonds is 9. The maximum atomic E-state index is 5.55. The van der Waals surface area contributed by atoms with Crippen molar-refractivity contribution in [1.29, 1.82) is 0 Å². The van der Waals surface area contributed by atoms with Gasteiger partial charge in [0.1, 0.15) is 0 Å². The van der Waals surface area contributed by atoms with Crippen LogP contribution in [0.4, 0.5) is 0 Å². The van der Waals surface area contributed by atoms with Crippen LogP contribution in [0.3, 0.4) is 0 Å². The van der Waals surface area contributed by atoms with Crippen molar-refractivity contribution in [3.8, 4) is 0 Å². The molecule has 3 heteroatoms. The van der Waals surface area contributed by atoms with Crippen molar-refractivity contribution < 1.29 is 4.74 Å². The van der Waals surface area contributed by atoms with E-state index in [4.69, 9.17) is 10.6 Å². The van der Waals surface area contributed by atoms with Crippen molar-refractivity contribution in [2.24, 2.45) is 5.84 Å². The Morgan fingerprint density at radius 1 is 1.18 bits per heavy atom. The summed E-state index contributed by atoms with van der Waals surface area (Å²) in [4.78, 5) is 0. The lowest BCUT2D eigenvalue weighted by molar-refractivity contribution is 0.123. The van der Waals surface area contributed by atoms with Crippen LogP contribution in [0.5, 0.6) is 0 Å². The van der Waals surface area contributed by atoms with Crippen LogP contribution >= 0.6 is 0 Å². The lowest BCUT2D eigenvalue weighted by atomic mass is 10.0. The molecule has 0 saturated heterocycles. The van der Waals surface area contributed by atoms with E-state index in [2.05, 4.69) is 36.6 Å². The molecule has 1 atom stereocenters. The summed E-state index contributed by atoms with van der Waals surface area (Å²) in [5.41, 5.74) is 4.23. The van der Waals surface area contributed by atoms with Crippen LogP contribution in [0.1, 0.15) is 31.7 Å². The normalized spacial score (nSPS) is 12.6. The number of nitrogens with two attached hydrogens (primary N) is 1. The van der Waals surface area contributed by atoms with Gasteiger partial charge in [0.2, 0.25) is 0 Å². The van der Waals surface area contributed by atoms with Crippen molar-refractivity contribution in [2.75, 3.05) is 13.2 Å². The minimum absolute atomic E-state index is 0.340. The molecule has 1 aromatic carbocycles. The van der Waals surface area contributed by atoms with Crippen molar-refractivity contribution in [3.05, 3.63) is 35.9 Å². The van der Waals surface area contributed by atoms with Gasteiger partial charge in [0, 0.05) is 19.3 Å². The van der Waals surface area contributed by atoms with Gasteiger partial charge >= 0.3 is 0 Å². The fourth-order valence-corrected chi connectivity index (χ4v) is 1.77. The van der Waals surface area contributed by atoms with E-state index in [-0.39, 0.29) is 0 Å². The van der Waals surface area contributed by atoms with Gasteiger partial charge in [-0.1, -0.05) is 37.3 Å². The van der Waals surface area contributed by atoms with E-state index in [0.717, 1.165) is 38.9 Å². The molecular weight excluding hydrogens is 212 g/mol. The Morgan fingerprint density at radius 3 is 2.59 bits per heavy atom. The molecule has 17 heavy (non-hydrogen) atoms. The highest BCUT2D eigenvalue weighted by Gasteiger charge is 2.06. The van der Waals surface area contributed by atoms with Gasteiger partial charge in [-0.3, -0.25) is 11.3 Å². The quantitative estimate of drug-likeness (QED) is 0.393. The Bertz CT molecular complexity index is 277. The van der Waals surface area contributed by atoms with Crippen molar-refractivity contribution >= 4 is 0 Å². The van der Waals surface area contributed by atoms with Gasteiger partial charge in [-0.05, 0) is 31.2 Å². The Morgan fingerprint density at radius 2 is 1.94 bits per heavy atom. The van der Waals surface area contributed by atoms with E-state index in [9.17, 15) is 0 Å². The number of ether oxygens (including phenoxy) is 1. The highest BCUT2D eigenvalue weighted by Crippen LogP contribution is 2.07. The molecule has 0 fully saturated rings. The zero-order chi connectivity index (χ0) is 12.3. The van der Waals surface area contributed by atoms with Gasteiger partial charge in [0.15, 0.2) is 0 Å². The summed E-state index contributed by atoms with van der Waals surface area (Å²) in [6.07, 6.45) is 4.16. The van der Waals surface area contributed by atoms with Crippen LogP contribution in [-0.2, 0) is 11.2 Å². The fourth-order valence-electron chi connectivity index (χ4n) is 1.77. The SMILES string of the molecule is CCCOCCC(CCc1ccccc1)NN. The molecule has 3 nitrogen and oxygen atoms in total. The highest BCUT2D eigenvalue weighted by molar-refractivity contribution is 5.14. The number of hydrogen-bond acceptors (Lipinski definition) is 3. The second kappa shape index (κ2) is 9.16. The molecule has 1 aromatic rings. The summed E-state index contributed by atoms with van der Waals surface area (Å²) < 4.78 is 5.47. The van der Waals surface area contributed by atoms with Gasteiger partial charge in [-0.2, -0.15) is 0 Å². The third-order valence-corrected chi connectivity index (χ3v) is 2.82. The number of benzene rings is 1. The van der Waals surface area contributed by atoms with Crippen LogP contribution in [0.15, 0.2) is 30.3 Å². The Hall–Kier alpha value is -0.900. The molecule has 0 aliphatic carbocycles. The molecule has 0 aliphatic heterocycles. The van der Waals surface area contributed by atoms with Gasteiger partial charge in [-0.25, -0.2) is 0 Å². The van der Waals surface area contributed by atoms with Crippen LogP contribution in [0.2, 0.25) is 0 Å². The van der Waals surface area contributed by atoms with Crippen LogP contribution < -0.4 is 11.3 Å². The van der Waals surface area contributed by atoms with E-state index in [0.29, 0.717) is 6.04 Å². The first kappa shape index (κ1) is 14.2. The molecule has 0 amide bonds. The minimum atomic E-state index is 0.340. The molecule has 0 bridgehead atoms. The van der Waals surface area contributed by atoms with E-state index in [1.165, 1.54) is 5.56 Å². The van der Waals surface area contributed by atoms with Crippen LogP contribution in [-0.4, -0.2) is 19.3 Å². The second-order valence-electron chi connectivity index (χ2n) is 4.29. The van der Waals surface area contributed by atoms with Crippen molar-refractivity contribution in [3.63, 3.8) is 0 Å². The summed E-state index contributed by atoms with van der Waals surface area (Å²) in [5.74, 6) is 5.55. The topological polar surface area (TPSA) is 47.3 Å². The Labute approximate surface area is 104 Å². The van der Waals surface area contributed by atoms with E-state index in [1.807, 2.05) is 6.07 Å². The number of nitrogens with one attached hydrogen (secondary N) is 1. The van der Waals surface area contributed by atoms with Gasteiger partial charge in [0.05, 0.1) is 0 Å². The molecule has 1 unspecified atom stereocenters. The average molecular weight is 236 g/mol. The highest BCUT2D eigenvalue weighted by atomic mass is 16.5. The third-order valence-electron chi connectivity index (χ3n) is 2.82. The van der Waals surface area contributed by atoms with Crippen molar-refractivity contribution in [2.45, 2.75) is 38.6 Å². The second-order valence-corrected chi connectivity index (χ2v) is 4.29. The average Bonchev–Trinajstić information content (AvgIpc) is 2.39. The van der Waals surface area contributed by atoms with Crippen LogP contribution in [0.25, 0.3) is 0 Å². The summed E-state index contributed by atoms with van der Waals surface area (Å²) in [5, 5.41) is 0. The first-order valence-electron chi connectivity index (χ1n) is 6.44. The third kappa shape index (κ3) is 6.41. The Kier molecular flexibility index (Phi) is 7.63. The maximum absolute atomic E-state index is 5.55. The van der Waals surface area contributed by atoms with Gasteiger partial charge in [-0.15, -0.1) is 0 Å². The minimum Gasteiger partial charge on any atom is -0.381 e. The Balaban J connectivity index is 2.18. The predicted octanol–water partition coefficient (Wildman–Crippen LogP) is 2.27. The van der Waals surface area contributed by atoms with Crippen LogP contribution in [0, 0.1) is 0 Å². The van der Waals surface area contributed by atoms with E-state index >= 15 is 0 Å². The largest absolute Gasteiger partial charge is 0.381 e. The zero-order valence-corrected chi connectivity index (χ0v) is 10.7. The molecule has 0 heterocycles. The molecular formula is C14H24N2O. The number of hydrazine groups is 1. The molecule has 0 radical (unpaired) electrons. The summed E-state index contributed by atoms with van der Waals surface area (Å²) >= 11 is 0. The zero-order valence-electron chi connectivity index (χ0n) is 10.7. The standard InChI is InChI=1S/C14H24N2O/c1-2-11-17-12-10-14(16-15)9-8-13-6-4-3-5-7-13/h3-7,14,16H,2,8-12,15H2,1H3. The molecule has 0 saturated carbocycles. The van der Waals surface area contributed by atoms with E-state index < -0.39 is 0 Å². The summed E-state index contributed by atoms with van der Waals surface area (Å²) in [6, 6.07) is 10.8. The lowest BCUT2D eigenvalue weighted by Gasteiger charge is -2.15. The smallest absolute Gasteiger partial charge is 0.0481 e. The monoisotopic (exact) mass is 236 g/mol. The number of hydrogen-bond donors (Lipinski definition) is 2.